The number of thiazole rings is 1. The Labute approximate surface area is 126 Å². The van der Waals surface area contributed by atoms with Crippen LogP contribution in [0.5, 0.6) is 0 Å². The average Bonchev–Trinajstić information content (AvgIpc) is 2.97. The van der Waals surface area contributed by atoms with E-state index < -0.39 is 11.7 Å². The van der Waals surface area contributed by atoms with Crippen molar-refractivity contribution in [3.63, 3.8) is 0 Å². The molecule has 6 heteroatoms. The maximum Gasteiger partial charge on any atom is 0.416 e. The average molecular weight is 314 g/mol. The molecule has 0 radical (unpaired) electrons. The maximum absolute atomic E-state index is 12.5. The zero-order valence-electron chi connectivity index (χ0n) is 11.8. The molecule has 0 spiro atoms. The molecule has 1 aromatic carbocycles. The lowest BCUT2D eigenvalue weighted by Crippen LogP contribution is -2.24. The quantitative estimate of drug-likeness (QED) is 0.843. The van der Waals surface area contributed by atoms with Crippen molar-refractivity contribution in [3.8, 4) is 0 Å². The summed E-state index contributed by atoms with van der Waals surface area (Å²) in [4.78, 5) is 4.29. The molecule has 114 valence electrons. The Balaban J connectivity index is 2.07. The van der Waals surface area contributed by atoms with Gasteiger partial charge in [0.05, 0.1) is 11.6 Å². The Morgan fingerprint density at radius 2 is 1.90 bits per heavy atom. The molecule has 21 heavy (non-hydrogen) atoms. The van der Waals surface area contributed by atoms with Gasteiger partial charge in [0, 0.05) is 17.6 Å². The molecule has 1 aromatic heterocycles. The molecule has 2 rings (SSSR count). The molecule has 0 saturated heterocycles. The van der Waals surface area contributed by atoms with E-state index in [1.165, 1.54) is 12.1 Å². The molecule has 1 heterocycles. The minimum Gasteiger partial charge on any atom is -0.301 e. The van der Waals surface area contributed by atoms with Crippen molar-refractivity contribution in [2.24, 2.45) is 0 Å². The molecule has 2 aromatic rings. The number of rotatable bonds is 5. The highest BCUT2D eigenvalue weighted by molar-refractivity contribution is 7.09. The van der Waals surface area contributed by atoms with Gasteiger partial charge in [0.1, 0.15) is 5.01 Å². The van der Waals surface area contributed by atoms with Gasteiger partial charge in [-0.15, -0.1) is 11.3 Å². The second kappa shape index (κ2) is 6.58. The van der Waals surface area contributed by atoms with E-state index in [0.29, 0.717) is 0 Å². The molecule has 0 amide bonds. The summed E-state index contributed by atoms with van der Waals surface area (Å²) in [6, 6.07) is 5.36. The highest BCUT2D eigenvalue weighted by atomic mass is 32.1. The summed E-state index contributed by atoms with van der Waals surface area (Å²) < 4.78 is 37.6. The highest BCUT2D eigenvalue weighted by Crippen LogP contribution is 2.30. The summed E-state index contributed by atoms with van der Waals surface area (Å²) in [6.07, 6.45) is -1.66. The van der Waals surface area contributed by atoms with Crippen LogP contribution >= 0.6 is 11.3 Å². The van der Waals surface area contributed by atoms with Crippen molar-refractivity contribution in [2.75, 3.05) is 0 Å². The van der Waals surface area contributed by atoms with Gasteiger partial charge in [0.2, 0.25) is 0 Å². The van der Waals surface area contributed by atoms with E-state index in [-0.39, 0.29) is 12.1 Å². The number of hydrogen-bond donors (Lipinski definition) is 1. The largest absolute Gasteiger partial charge is 0.416 e. The number of aromatic nitrogens is 1. The molecule has 0 aliphatic rings. The molecule has 2 nitrogen and oxygen atoms in total. The van der Waals surface area contributed by atoms with E-state index >= 15 is 0 Å². The topological polar surface area (TPSA) is 24.9 Å². The Kier molecular flexibility index (Phi) is 5.00. The van der Waals surface area contributed by atoms with Gasteiger partial charge in [-0.25, -0.2) is 4.98 Å². The van der Waals surface area contributed by atoms with Crippen molar-refractivity contribution in [1.29, 1.82) is 0 Å². The van der Waals surface area contributed by atoms with Crippen LogP contribution in [0.4, 0.5) is 13.2 Å². The standard InChI is InChI=1S/C15H17F3N2S/c1-3-13(14-19-8-9-21-14)20-10(2)11-4-6-12(7-5-11)15(16,17)18/h4-10,13,20H,3H2,1-2H3. The van der Waals surface area contributed by atoms with Crippen LogP contribution in [-0.4, -0.2) is 4.98 Å². The fourth-order valence-corrected chi connectivity index (χ4v) is 2.91. The Bertz CT molecular complexity index is 549. The summed E-state index contributed by atoms with van der Waals surface area (Å²) in [5.74, 6) is 0. The summed E-state index contributed by atoms with van der Waals surface area (Å²) in [6.45, 7) is 4.00. The number of benzene rings is 1. The first-order valence-corrected chi connectivity index (χ1v) is 7.62. The summed E-state index contributed by atoms with van der Waals surface area (Å²) in [5, 5.41) is 6.33. The van der Waals surface area contributed by atoms with Gasteiger partial charge in [-0.1, -0.05) is 19.1 Å². The third kappa shape index (κ3) is 4.04. The zero-order valence-corrected chi connectivity index (χ0v) is 12.6. The highest BCUT2D eigenvalue weighted by Gasteiger charge is 2.30. The second-order valence-corrected chi connectivity index (χ2v) is 5.77. The van der Waals surface area contributed by atoms with Crippen LogP contribution in [0.1, 0.15) is 48.5 Å². The first kappa shape index (κ1) is 16.0. The fourth-order valence-electron chi connectivity index (χ4n) is 2.13. The van der Waals surface area contributed by atoms with Gasteiger partial charge in [0.15, 0.2) is 0 Å². The number of nitrogens with zero attached hydrogens (tertiary/aromatic N) is 1. The van der Waals surface area contributed by atoms with Gasteiger partial charge >= 0.3 is 6.18 Å². The summed E-state index contributed by atoms with van der Waals surface area (Å²) in [7, 11) is 0. The smallest absolute Gasteiger partial charge is 0.301 e. The normalized spacial score (nSPS) is 14.9. The van der Waals surface area contributed by atoms with Gasteiger partial charge in [-0.3, -0.25) is 0 Å². The van der Waals surface area contributed by atoms with Gasteiger partial charge in [-0.05, 0) is 31.0 Å². The third-order valence-corrected chi connectivity index (χ3v) is 4.24. The van der Waals surface area contributed by atoms with E-state index in [0.717, 1.165) is 29.1 Å². The first-order valence-electron chi connectivity index (χ1n) is 6.74. The second-order valence-electron chi connectivity index (χ2n) is 4.84. The molecule has 0 aliphatic heterocycles. The lowest BCUT2D eigenvalue weighted by atomic mass is 10.0. The lowest BCUT2D eigenvalue weighted by molar-refractivity contribution is -0.137. The fraction of sp³-hybridized carbons (Fsp3) is 0.400. The van der Waals surface area contributed by atoms with Crippen molar-refractivity contribution in [3.05, 3.63) is 52.0 Å². The number of halogens is 3. The van der Waals surface area contributed by atoms with Crippen LogP contribution in [0.2, 0.25) is 0 Å². The number of alkyl halides is 3. The molecule has 0 aliphatic carbocycles. The third-order valence-electron chi connectivity index (χ3n) is 3.35. The monoisotopic (exact) mass is 314 g/mol. The van der Waals surface area contributed by atoms with E-state index in [9.17, 15) is 13.2 Å². The molecular weight excluding hydrogens is 297 g/mol. The molecule has 0 fully saturated rings. The predicted octanol–water partition coefficient (Wildman–Crippen LogP) is 4.96. The van der Waals surface area contributed by atoms with E-state index in [1.807, 2.05) is 12.3 Å². The van der Waals surface area contributed by atoms with Crippen molar-refractivity contribution in [2.45, 2.75) is 38.5 Å². The van der Waals surface area contributed by atoms with Crippen molar-refractivity contribution >= 4 is 11.3 Å². The molecule has 2 atom stereocenters. The predicted molar refractivity (Wildman–Crippen MR) is 78.1 cm³/mol. The van der Waals surface area contributed by atoms with Gasteiger partial charge < -0.3 is 5.32 Å². The minimum absolute atomic E-state index is 0.0406. The molecule has 0 saturated carbocycles. The molecule has 1 N–H and O–H groups in total. The lowest BCUT2D eigenvalue weighted by Gasteiger charge is -2.21. The van der Waals surface area contributed by atoms with Crippen LogP contribution in [0.3, 0.4) is 0 Å². The van der Waals surface area contributed by atoms with Crippen molar-refractivity contribution < 1.29 is 13.2 Å². The Morgan fingerprint density at radius 1 is 1.24 bits per heavy atom. The molecular formula is C15H17F3N2S. The first-order chi connectivity index (χ1) is 9.91. The van der Waals surface area contributed by atoms with Crippen LogP contribution < -0.4 is 5.32 Å². The number of hydrogen-bond acceptors (Lipinski definition) is 3. The summed E-state index contributed by atoms with van der Waals surface area (Å²) >= 11 is 1.58. The van der Waals surface area contributed by atoms with E-state index in [1.54, 1.807) is 17.5 Å². The van der Waals surface area contributed by atoms with E-state index in [4.69, 9.17) is 0 Å². The maximum atomic E-state index is 12.5. The molecule has 2 unspecified atom stereocenters. The minimum atomic E-state index is -4.29. The van der Waals surface area contributed by atoms with Crippen LogP contribution in [0.15, 0.2) is 35.8 Å². The number of nitrogens with one attached hydrogen (secondary N) is 1. The Hall–Kier alpha value is -1.40. The van der Waals surface area contributed by atoms with Crippen molar-refractivity contribution in [1.82, 2.24) is 10.3 Å². The van der Waals surface area contributed by atoms with Crippen LogP contribution in [-0.2, 0) is 6.18 Å². The van der Waals surface area contributed by atoms with Crippen LogP contribution in [0.25, 0.3) is 0 Å². The SMILES string of the molecule is CCC(NC(C)c1ccc(C(F)(F)F)cc1)c1nccs1. The summed E-state index contributed by atoms with van der Waals surface area (Å²) in [5.41, 5.74) is 0.212. The zero-order chi connectivity index (χ0) is 15.5. The van der Waals surface area contributed by atoms with Gasteiger partial charge in [0.25, 0.3) is 0 Å². The van der Waals surface area contributed by atoms with Crippen LogP contribution in [0, 0.1) is 0 Å². The van der Waals surface area contributed by atoms with Gasteiger partial charge in [-0.2, -0.15) is 13.2 Å². The Morgan fingerprint density at radius 3 is 2.38 bits per heavy atom. The van der Waals surface area contributed by atoms with E-state index in [2.05, 4.69) is 17.2 Å². The molecule has 0 bridgehead atoms.